The van der Waals surface area contributed by atoms with Crippen molar-refractivity contribution >= 4 is 5.97 Å². The highest BCUT2D eigenvalue weighted by Gasteiger charge is 2.11. The Morgan fingerprint density at radius 2 is 1.53 bits per heavy atom. The molecule has 0 aliphatic rings. The SMILES string of the molecule is C=C(C)C(=O)OCc1cc(-c2ccc(CCCO)cc2)ccc1-c1ccc(CC/C=C/C)cc1. The number of hydrogen-bond donors (Lipinski definition) is 1. The zero-order valence-electron chi connectivity index (χ0n) is 20.2. The first-order valence-corrected chi connectivity index (χ1v) is 11.9. The number of esters is 1. The van der Waals surface area contributed by atoms with Crippen LogP contribution in [0, 0.1) is 0 Å². The second kappa shape index (κ2) is 12.7. The van der Waals surface area contributed by atoms with Gasteiger partial charge in [-0.25, -0.2) is 4.79 Å². The van der Waals surface area contributed by atoms with Gasteiger partial charge >= 0.3 is 5.97 Å². The summed E-state index contributed by atoms with van der Waals surface area (Å²) in [5.41, 5.74) is 8.18. The number of aliphatic hydroxyl groups excluding tert-OH is 1. The highest BCUT2D eigenvalue weighted by molar-refractivity contribution is 5.87. The molecule has 0 atom stereocenters. The van der Waals surface area contributed by atoms with Crippen LogP contribution in [0.1, 0.15) is 43.4 Å². The van der Waals surface area contributed by atoms with E-state index in [0.29, 0.717) is 5.57 Å². The van der Waals surface area contributed by atoms with Crippen molar-refractivity contribution in [3.05, 3.63) is 108 Å². The van der Waals surface area contributed by atoms with Crippen LogP contribution in [0.15, 0.2) is 91.0 Å². The van der Waals surface area contributed by atoms with Crippen molar-refractivity contribution in [2.24, 2.45) is 0 Å². The van der Waals surface area contributed by atoms with Crippen molar-refractivity contribution in [2.75, 3.05) is 6.61 Å². The molecule has 176 valence electrons. The summed E-state index contributed by atoms with van der Waals surface area (Å²) in [6.07, 6.45) is 7.94. The first kappa shape index (κ1) is 25.2. The van der Waals surface area contributed by atoms with Crippen LogP contribution in [0.25, 0.3) is 22.3 Å². The number of carbonyl (C=O) groups is 1. The van der Waals surface area contributed by atoms with Crippen LogP contribution in [0.4, 0.5) is 0 Å². The van der Waals surface area contributed by atoms with Gasteiger partial charge in [0.25, 0.3) is 0 Å². The van der Waals surface area contributed by atoms with E-state index in [0.717, 1.165) is 53.5 Å². The molecular formula is C31H34O3. The summed E-state index contributed by atoms with van der Waals surface area (Å²) in [6, 6.07) is 23.3. The molecule has 3 heteroatoms. The maximum Gasteiger partial charge on any atom is 0.333 e. The quantitative estimate of drug-likeness (QED) is 0.191. The third-order valence-corrected chi connectivity index (χ3v) is 5.82. The van der Waals surface area contributed by atoms with Gasteiger partial charge in [-0.15, -0.1) is 0 Å². The molecule has 0 radical (unpaired) electrons. The molecule has 0 fully saturated rings. The zero-order chi connectivity index (χ0) is 24.3. The monoisotopic (exact) mass is 454 g/mol. The van der Waals surface area contributed by atoms with Crippen molar-refractivity contribution in [3.63, 3.8) is 0 Å². The molecule has 0 bridgehead atoms. The van der Waals surface area contributed by atoms with E-state index in [1.54, 1.807) is 6.92 Å². The first-order valence-electron chi connectivity index (χ1n) is 11.9. The molecule has 0 saturated carbocycles. The van der Waals surface area contributed by atoms with Gasteiger partial charge in [-0.1, -0.05) is 79.4 Å². The number of carbonyl (C=O) groups excluding carboxylic acids is 1. The lowest BCUT2D eigenvalue weighted by Gasteiger charge is -2.14. The number of ether oxygens (including phenoxy) is 1. The van der Waals surface area contributed by atoms with E-state index in [-0.39, 0.29) is 19.2 Å². The van der Waals surface area contributed by atoms with Gasteiger partial charge in [0, 0.05) is 12.2 Å². The van der Waals surface area contributed by atoms with E-state index in [4.69, 9.17) is 9.84 Å². The normalized spacial score (nSPS) is 11.0. The first-order chi connectivity index (χ1) is 16.5. The lowest BCUT2D eigenvalue weighted by atomic mass is 9.94. The molecule has 0 aliphatic heterocycles. The molecule has 34 heavy (non-hydrogen) atoms. The Hall–Kier alpha value is -3.43. The zero-order valence-corrected chi connectivity index (χ0v) is 20.2. The molecule has 3 nitrogen and oxygen atoms in total. The Balaban J connectivity index is 1.89. The van der Waals surface area contributed by atoms with E-state index in [2.05, 4.69) is 85.5 Å². The minimum atomic E-state index is -0.385. The number of allylic oxidation sites excluding steroid dienone is 2. The van der Waals surface area contributed by atoms with Crippen molar-refractivity contribution < 1.29 is 14.6 Å². The Bertz CT molecular complexity index is 1120. The Morgan fingerprint density at radius 1 is 0.912 bits per heavy atom. The molecule has 3 rings (SSSR count). The van der Waals surface area contributed by atoms with Crippen LogP contribution < -0.4 is 0 Å². The van der Waals surface area contributed by atoms with E-state index < -0.39 is 0 Å². The Kier molecular flexibility index (Phi) is 9.42. The van der Waals surface area contributed by atoms with Crippen LogP contribution >= 0.6 is 0 Å². The Labute approximate surface area is 203 Å². The van der Waals surface area contributed by atoms with Crippen LogP contribution in [0.2, 0.25) is 0 Å². The summed E-state index contributed by atoms with van der Waals surface area (Å²) in [5, 5.41) is 9.05. The largest absolute Gasteiger partial charge is 0.457 e. The molecular weight excluding hydrogens is 420 g/mol. The smallest absolute Gasteiger partial charge is 0.333 e. The number of benzene rings is 3. The average molecular weight is 455 g/mol. The molecule has 1 N–H and O–H groups in total. The molecule has 0 amide bonds. The molecule has 0 heterocycles. The molecule has 3 aromatic carbocycles. The third-order valence-electron chi connectivity index (χ3n) is 5.82. The van der Waals surface area contributed by atoms with E-state index >= 15 is 0 Å². The van der Waals surface area contributed by atoms with E-state index in [1.165, 1.54) is 11.1 Å². The average Bonchev–Trinajstić information content (AvgIpc) is 2.86. The van der Waals surface area contributed by atoms with Crippen LogP contribution in [0.5, 0.6) is 0 Å². The minimum Gasteiger partial charge on any atom is -0.457 e. The second-order valence-electron chi connectivity index (χ2n) is 8.56. The maximum absolute atomic E-state index is 12.1. The number of aryl methyl sites for hydroxylation is 2. The van der Waals surface area contributed by atoms with Crippen molar-refractivity contribution in [1.29, 1.82) is 0 Å². The van der Waals surface area contributed by atoms with Crippen LogP contribution in [-0.2, 0) is 29.0 Å². The van der Waals surface area contributed by atoms with E-state index in [9.17, 15) is 4.79 Å². The van der Waals surface area contributed by atoms with Gasteiger partial charge in [0.15, 0.2) is 0 Å². The lowest BCUT2D eigenvalue weighted by molar-refractivity contribution is -0.140. The topological polar surface area (TPSA) is 46.5 Å². The molecule has 3 aromatic rings. The third kappa shape index (κ3) is 7.03. The molecule has 0 unspecified atom stereocenters. The standard InChI is InChI=1S/C31H34O3/c1-4-5-6-8-24-12-16-27(17-13-24)30-19-18-28(21-29(30)22-34-31(33)23(2)3)26-14-10-25(11-15-26)9-7-20-32/h4-5,10-19,21,32H,2,6-9,20,22H2,1,3H3/b5-4+. The fourth-order valence-electron chi connectivity index (χ4n) is 3.86. The van der Waals surface area contributed by atoms with Gasteiger partial charge in [-0.2, -0.15) is 0 Å². The molecule has 0 saturated heterocycles. The van der Waals surface area contributed by atoms with Crippen molar-refractivity contribution in [3.8, 4) is 22.3 Å². The summed E-state index contributed by atoms with van der Waals surface area (Å²) < 4.78 is 5.53. The number of aliphatic hydroxyl groups is 1. The summed E-state index contributed by atoms with van der Waals surface area (Å²) in [5.74, 6) is -0.385. The number of hydrogen-bond acceptors (Lipinski definition) is 3. The number of rotatable bonds is 11. The van der Waals surface area contributed by atoms with Gasteiger partial charge < -0.3 is 9.84 Å². The highest BCUT2D eigenvalue weighted by Crippen LogP contribution is 2.30. The summed E-state index contributed by atoms with van der Waals surface area (Å²) in [6.45, 7) is 7.77. The summed E-state index contributed by atoms with van der Waals surface area (Å²) in [4.78, 5) is 12.1. The van der Waals surface area contributed by atoms with E-state index in [1.807, 2.05) is 6.92 Å². The lowest BCUT2D eigenvalue weighted by Crippen LogP contribution is -2.06. The fraction of sp³-hybridized carbons (Fsp3) is 0.258. The highest BCUT2D eigenvalue weighted by atomic mass is 16.5. The summed E-state index contributed by atoms with van der Waals surface area (Å²) >= 11 is 0. The predicted octanol–water partition coefficient (Wildman–Crippen LogP) is 7.07. The van der Waals surface area contributed by atoms with Crippen LogP contribution in [-0.4, -0.2) is 17.7 Å². The fourth-order valence-corrected chi connectivity index (χ4v) is 3.86. The van der Waals surface area contributed by atoms with Crippen molar-refractivity contribution in [2.45, 2.75) is 46.1 Å². The second-order valence-corrected chi connectivity index (χ2v) is 8.56. The van der Waals surface area contributed by atoms with Gasteiger partial charge in [0.05, 0.1) is 0 Å². The minimum absolute atomic E-state index is 0.187. The van der Waals surface area contributed by atoms with Crippen LogP contribution in [0.3, 0.4) is 0 Å². The Morgan fingerprint density at radius 3 is 2.15 bits per heavy atom. The van der Waals surface area contributed by atoms with Crippen molar-refractivity contribution in [1.82, 2.24) is 0 Å². The van der Waals surface area contributed by atoms with Gasteiger partial charge in [-0.3, -0.25) is 0 Å². The molecule has 0 aromatic heterocycles. The molecule has 0 spiro atoms. The molecule has 0 aliphatic carbocycles. The predicted molar refractivity (Wildman–Crippen MR) is 140 cm³/mol. The van der Waals surface area contributed by atoms with Gasteiger partial charge in [-0.05, 0) is 84.5 Å². The van der Waals surface area contributed by atoms with Gasteiger partial charge in [0.1, 0.15) is 6.61 Å². The van der Waals surface area contributed by atoms with Gasteiger partial charge in [0.2, 0.25) is 0 Å². The maximum atomic E-state index is 12.1. The summed E-state index contributed by atoms with van der Waals surface area (Å²) in [7, 11) is 0.